The van der Waals surface area contributed by atoms with Gasteiger partial charge >= 0.3 is 0 Å². The number of nitrogens with one attached hydrogen (secondary N) is 1. The minimum Gasteiger partial charge on any atom is -0.392 e. The van der Waals surface area contributed by atoms with Gasteiger partial charge in [-0.2, -0.15) is 0 Å². The molecule has 6 heteroatoms. The number of aliphatic hydroxyl groups is 2. The molecule has 1 aromatic heterocycles. The van der Waals surface area contributed by atoms with Gasteiger partial charge in [-0.1, -0.05) is 12.5 Å². The predicted molar refractivity (Wildman–Crippen MR) is 105 cm³/mol. The summed E-state index contributed by atoms with van der Waals surface area (Å²) in [7, 11) is 0. The van der Waals surface area contributed by atoms with Crippen LogP contribution in [-0.2, 0) is 6.54 Å². The van der Waals surface area contributed by atoms with Crippen LogP contribution in [0.1, 0.15) is 55.6 Å². The lowest BCUT2D eigenvalue weighted by atomic mass is 9.79. The lowest BCUT2D eigenvalue weighted by molar-refractivity contribution is 0.0539. The van der Waals surface area contributed by atoms with Gasteiger partial charge in [-0.3, -0.25) is 9.36 Å². The van der Waals surface area contributed by atoms with E-state index in [0.717, 1.165) is 30.5 Å². The van der Waals surface area contributed by atoms with Crippen LogP contribution in [0.15, 0.2) is 23.3 Å². The monoisotopic (exact) mass is 371 g/mol. The SMILES string of the molecule is Cc1cc(C2CCC2)cc2c(=O)n(CC(O)C[C@H]3NCCC[C@@H]3O)cnc12. The minimum atomic E-state index is -0.705. The fourth-order valence-corrected chi connectivity index (χ4v) is 4.35. The van der Waals surface area contributed by atoms with Gasteiger partial charge in [-0.15, -0.1) is 0 Å². The molecule has 3 atom stereocenters. The van der Waals surface area contributed by atoms with Crippen molar-refractivity contribution in [2.45, 2.75) is 76.2 Å². The Labute approximate surface area is 159 Å². The second-order valence-corrected chi connectivity index (χ2v) is 8.22. The predicted octanol–water partition coefficient (Wildman–Crippen LogP) is 1.84. The van der Waals surface area contributed by atoms with Crippen LogP contribution in [0.25, 0.3) is 10.9 Å². The summed E-state index contributed by atoms with van der Waals surface area (Å²) in [6.07, 6.45) is 6.16. The molecule has 1 saturated heterocycles. The van der Waals surface area contributed by atoms with Crippen molar-refractivity contribution in [2.24, 2.45) is 0 Å². The highest BCUT2D eigenvalue weighted by atomic mass is 16.3. The van der Waals surface area contributed by atoms with Crippen LogP contribution in [0.4, 0.5) is 0 Å². The summed E-state index contributed by atoms with van der Waals surface area (Å²) in [5.74, 6) is 0.561. The minimum absolute atomic E-state index is 0.0968. The maximum atomic E-state index is 13.0. The molecule has 2 fully saturated rings. The lowest BCUT2D eigenvalue weighted by Gasteiger charge is -2.30. The molecule has 2 aliphatic rings. The van der Waals surface area contributed by atoms with Gasteiger partial charge in [-0.25, -0.2) is 4.98 Å². The average molecular weight is 371 g/mol. The molecular formula is C21H29N3O3. The zero-order valence-electron chi connectivity index (χ0n) is 15.9. The molecule has 1 aliphatic heterocycles. The second-order valence-electron chi connectivity index (χ2n) is 8.22. The Hall–Kier alpha value is -1.76. The van der Waals surface area contributed by atoms with Crippen LogP contribution >= 0.6 is 0 Å². The Kier molecular flexibility index (Phi) is 5.30. The summed E-state index contributed by atoms with van der Waals surface area (Å²) < 4.78 is 1.51. The number of rotatable bonds is 5. The zero-order chi connectivity index (χ0) is 19.0. The molecule has 3 N–H and O–H groups in total. The molecule has 1 aliphatic carbocycles. The fourth-order valence-electron chi connectivity index (χ4n) is 4.35. The quantitative estimate of drug-likeness (QED) is 0.746. The largest absolute Gasteiger partial charge is 0.392 e. The highest BCUT2D eigenvalue weighted by Crippen LogP contribution is 2.37. The first-order valence-corrected chi connectivity index (χ1v) is 10.1. The first-order chi connectivity index (χ1) is 13.0. The molecule has 0 amide bonds. The van der Waals surface area contributed by atoms with Gasteiger partial charge in [-0.05, 0) is 68.7 Å². The molecule has 4 rings (SSSR count). The van der Waals surface area contributed by atoms with E-state index in [-0.39, 0.29) is 18.1 Å². The maximum absolute atomic E-state index is 13.0. The number of nitrogens with zero attached hydrogens (tertiary/aromatic N) is 2. The van der Waals surface area contributed by atoms with E-state index < -0.39 is 12.2 Å². The third kappa shape index (κ3) is 3.79. The first kappa shape index (κ1) is 18.6. The van der Waals surface area contributed by atoms with E-state index in [9.17, 15) is 15.0 Å². The van der Waals surface area contributed by atoms with Crippen molar-refractivity contribution in [2.75, 3.05) is 6.54 Å². The third-order valence-electron chi connectivity index (χ3n) is 6.20. The molecule has 2 heterocycles. The molecule has 0 radical (unpaired) electrons. The number of benzene rings is 1. The molecule has 0 spiro atoms. The Morgan fingerprint density at radius 1 is 1.30 bits per heavy atom. The van der Waals surface area contributed by atoms with Crippen LogP contribution in [0, 0.1) is 6.92 Å². The number of piperidine rings is 1. The van der Waals surface area contributed by atoms with Crippen molar-refractivity contribution in [1.29, 1.82) is 0 Å². The van der Waals surface area contributed by atoms with E-state index in [1.807, 2.05) is 13.0 Å². The van der Waals surface area contributed by atoms with E-state index in [1.54, 1.807) is 0 Å². The summed E-state index contributed by atoms with van der Waals surface area (Å²) in [6.45, 7) is 3.06. The van der Waals surface area contributed by atoms with Crippen LogP contribution in [-0.4, -0.2) is 44.6 Å². The van der Waals surface area contributed by atoms with E-state index in [4.69, 9.17) is 0 Å². The number of hydrogen-bond acceptors (Lipinski definition) is 5. The molecular weight excluding hydrogens is 342 g/mol. The normalized spacial score (nSPS) is 24.7. The van der Waals surface area contributed by atoms with Gasteiger partial charge in [0, 0.05) is 6.04 Å². The topological polar surface area (TPSA) is 87.4 Å². The van der Waals surface area contributed by atoms with Gasteiger partial charge in [0.05, 0.1) is 36.0 Å². The number of aromatic nitrogens is 2. The van der Waals surface area contributed by atoms with E-state index in [2.05, 4.69) is 16.4 Å². The Morgan fingerprint density at radius 2 is 2.11 bits per heavy atom. The van der Waals surface area contributed by atoms with Crippen LogP contribution < -0.4 is 10.9 Å². The van der Waals surface area contributed by atoms with Crippen LogP contribution in [0.2, 0.25) is 0 Å². The fraction of sp³-hybridized carbons (Fsp3) is 0.619. The van der Waals surface area contributed by atoms with Crippen molar-refractivity contribution in [3.05, 3.63) is 39.9 Å². The molecule has 6 nitrogen and oxygen atoms in total. The summed E-state index contributed by atoms with van der Waals surface area (Å²) in [6, 6.07) is 4.04. The van der Waals surface area contributed by atoms with Gasteiger partial charge < -0.3 is 15.5 Å². The highest BCUT2D eigenvalue weighted by Gasteiger charge is 2.25. The van der Waals surface area contributed by atoms with Crippen LogP contribution in [0.5, 0.6) is 0 Å². The molecule has 27 heavy (non-hydrogen) atoms. The molecule has 2 aromatic rings. The van der Waals surface area contributed by atoms with E-state index in [1.165, 1.54) is 35.7 Å². The Balaban J connectivity index is 1.56. The van der Waals surface area contributed by atoms with Crippen molar-refractivity contribution in [3.8, 4) is 0 Å². The van der Waals surface area contributed by atoms with Crippen LogP contribution in [0.3, 0.4) is 0 Å². The summed E-state index contributed by atoms with van der Waals surface area (Å²) in [4.78, 5) is 17.5. The number of aliphatic hydroxyl groups excluding tert-OH is 2. The third-order valence-corrected chi connectivity index (χ3v) is 6.20. The Bertz CT molecular complexity index is 875. The second kappa shape index (κ2) is 7.70. The smallest absolute Gasteiger partial charge is 0.261 e. The van der Waals surface area contributed by atoms with Crippen molar-refractivity contribution in [1.82, 2.24) is 14.9 Å². The number of aryl methyl sites for hydroxylation is 1. The van der Waals surface area contributed by atoms with Gasteiger partial charge in [0.1, 0.15) is 0 Å². The zero-order valence-corrected chi connectivity index (χ0v) is 15.9. The average Bonchev–Trinajstić information content (AvgIpc) is 2.58. The molecule has 1 aromatic carbocycles. The summed E-state index contributed by atoms with van der Waals surface area (Å²) in [5.41, 5.74) is 2.92. The standard InChI is InChI=1S/C21H29N3O3/c1-13-8-15(14-4-2-5-14)9-17-20(13)23-12-24(21(17)27)11-16(25)10-18-19(26)6-3-7-22-18/h8-9,12,14,16,18-19,22,25-26H,2-7,10-11H2,1H3/t16?,18-,19+/m1/s1. The Morgan fingerprint density at radius 3 is 2.81 bits per heavy atom. The van der Waals surface area contributed by atoms with Crippen molar-refractivity contribution < 1.29 is 10.2 Å². The summed E-state index contributed by atoms with van der Waals surface area (Å²) >= 11 is 0. The lowest BCUT2D eigenvalue weighted by Crippen LogP contribution is -2.47. The molecule has 0 bridgehead atoms. The number of fused-ring (bicyclic) bond motifs is 1. The molecule has 146 valence electrons. The first-order valence-electron chi connectivity index (χ1n) is 10.1. The maximum Gasteiger partial charge on any atom is 0.261 e. The van der Waals surface area contributed by atoms with E-state index in [0.29, 0.717) is 17.7 Å². The van der Waals surface area contributed by atoms with Crippen molar-refractivity contribution in [3.63, 3.8) is 0 Å². The highest BCUT2D eigenvalue weighted by molar-refractivity contribution is 5.81. The molecule has 1 unspecified atom stereocenters. The van der Waals surface area contributed by atoms with Gasteiger partial charge in [0.2, 0.25) is 0 Å². The summed E-state index contributed by atoms with van der Waals surface area (Å²) in [5, 5.41) is 24.4. The molecule has 1 saturated carbocycles. The van der Waals surface area contributed by atoms with E-state index >= 15 is 0 Å². The van der Waals surface area contributed by atoms with Gasteiger partial charge in [0.15, 0.2) is 0 Å². The van der Waals surface area contributed by atoms with Crippen molar-refractivity contribution >= 4 is 10.9 Å². The van der Waals surface area contributed by atoms with Gasteiger partial charge in [0.25, 0.3) is 5.56 Å². The number of hydrogen-bond donors (Lipinski definition) is 3.